The van der Waals surface area contributed by atoms with Crippen LogP contribution >= 0.6 is 27.7 Å². The summed E-state index contributed by atoms with van der Waals surface area (Å²) in [6, 6.07) is 4.15. The second-order valence-corrected chi connectivity index (χ2v) is 6.41. The number of ether oxygens (including phenoxy) is 2. The number of thioether (sulfide) groups is 1. The van der Waals surface area contributed by atoms with Crippen LogP contribution in [0, 0.1) is 0 Å². The van der Waals surface area contributed by atoms with Gasteiger partial charge in [-0.05, 0) is 52.8 Å². The van der Waals surface area contributed by atoms with Gasteiger partial charge in [-0.3, -0.25) is 0 Å². The molecule has 114 valence electrons. The van der Waals surface area contributed by atoms with Crippen LogP contribution in [-0.2, 0) is 6.54 Å². The number of hydrogen-bond donors (Lipinski definition) is 1. The fourth-order valence-corrected chi connectivity index (χ4v) is 2.84. The summed E-state index contributed by atoms with van der Waals surface area (Å²) in [5.74, 6) is 3.73. The molecule has 0 aliphatic carbocycles. The lowest BCUT2D eigenvalue weighted by Crippen LogP contribution is -2.12. The molecule has 0 spiro atoms. The fourth-order valence-electron chi connectivity index (χ4n) is 1.74. The zero-order valence-corrected chi connectivity index (χ0v) is 14.9. The van der Waals surface area contributed by atoms with Gasteiger partial charge >= 0.3 is 0 Å². The second-order valence-electron chi connectivity index (χ2n) is 4.16. The molecule has 0 atom stereocenters. The molecule has 5 heteroatoms. The van der Waals surface area contributed by atoms with Crippen molar-refractivity contribution in [2.24, 2.45) is 0 Å². The van der Waals surface area contributed by atoms with Crippen LogP contribution < -0.4 is 14.8 Å². The Morgan fingerprint density at radius 3 is 2.65 bits per heavy atom. The largest absolute Gasteiger partial charge is 0.490 e. The van der Waals surface area contributed by atoms with Crippen LogP contribution in [-0.4, -0.2) is 31.3 Å². The standard InChI is InChI=1S/C15H24BrNO2S/c1-4-17-11-12-9-13(16)15(14(10-12)18-5-2)19-7-8-20-6-3/h9-10,17H,4-8,11H2,1-3H3. The van der Waals surface area contributed by atoms with Gasteiger partial charge in [-0.1, -0.05) is 13.8 Å². The molecular weight excluding hydrogens is 338 g/mol. The van der Waals surface area contributed by atoms with E-state index in [1.807, 2.05) is 18.7 Å². The zero-order valence-electron chi connectivity index (χ0n) is 12.5. The van der Waals surface area contributed by atoms with Crippen LogP contribution in [0.1, 0.15) is 26.3 Å². The Labute approximate surface area is 134 Å². The van der Waals surface area contributed by atoms with E-state index < -0.39 is 0 Å². The summed E-state index contributed by atoms with van der Waals surface area (Å²) in [6.45, 7) is 9.36. The van der Waals surface area contributed by atoms with Crippen LogP contribution in [0.3, 0.4) is 0 Å². The highest BCUT2D eigenvalue weighted by molar-refractivity contribution is 9.10. The molecule has 0 saturated heterocycles. The Morgan fingerprint density at radius 2 is 2.00 bits per heavy atom. The Kier molecular flexibility index (Phi) is 9.14. The SMILES string of the molecule is CCNCc1cc(Br)c(OCCSCC)c(OCC)c1. The van der Waals surface area contributed by atoms with Gasteiger partial charge in [-0.2, -0.15) is 11.8 Å². The van der Waals surface area contributed by atoms with Crippen LogP contribution in [0.25, 0.3) is 0 Å². The molecule has 0 amide bonds. The first-order valence-corrected chi connectivity index (χ1v) is 9.04. The first kappa shape index (κ1) is 17.7. The molecule has 0 aliphatic heterocycles. The topological polar surface area (TPSA) is 30.5 Å². The van der Waals surface area contributed by atoms with Crippen molar-refractivity contribution in [1.29, 1.82) is 0 Å². The van der Waals surface area contributed by atoms with Crippen LogP contribution in [0.15, 0.2) is 16.6 Å². The number of hydrogen-bond acceptors (Lipinski definition) is 4. The molecule has 0 aromatic heterocycles. The number of nitrogens with one attached hydrogen (secondary N) is 1. The normalized spacial score (nSPS) is 10.6. The Morgan fingerprint density at radius 1 is 1.20 bits per heavy atom. The summed E-state index contributed by atoms with van der Waals surface area (Å²) in [5, 5.41) is 3.32. The second kappa shape index (κ2) is 10.4. The maximum Gasteiger partial charge on any atom is 0.175 e. The van der Waals surface area contributed by atoms with Crippen molar-refractivity contribution in [1.82, 2.24) is 5.32 Å². The highest BCUT2D eigenvalue weighted by atomic mass is 79.9. The highest BCUT2D eigenvalue weighted by Gasteiger charge is 2.12. The summed E-state index contributed by atoms with van der Waals surface area (Å²) >= 11 is 5.47. The van der Waals surface area contributed by atoms with Crippen molar-refractivity contribution in [3.63, 3.8) is 0 Å². The van der Waals surface area contributed by atoms with E-state index in [1.54, 1.807) is 0 Å². The molecule has 0 heterocycles. The molecule has 20 heavy (non-hydrogen) atoms. The summed E-state index contributed by atoms with van der Waals surface area (Å²) in [5.41, 5.74) is 1.19. The lowest BCUT2D eigenvalue weighted by Gasteiger charge is -2.15. The molecule has 0 unspecified atom stereocenters. The van der Waals surface area contributed by atoms with Crippen molar-refractivity contribution in [3.8, 4) is 11.5 Å². The van der Waals surface area contributed by atoms with E-state index >= 15 is 0 Å². The number of benzene rings is 1. The van der Waals surface area contributed by atoms with Gasteiger partial charge in [0.2, 0.25) is 0 Å². The fraction of sp³-hybridized carbons (Fsp3) is 0.600. The van der Waals surface area contributed by atoms with Crippen molar-refractivity contribution >= 4 is 27.7 Å². The lowest BCUT2D eigenvalue weighted by atomic mass is 10.2. The van der Waals surface area contributed by atoms with Gasteiger partial charge in [0.05, 0.1) is 17.7 Å². The molecule has 0 bridgehead atoms. The lowest BCUT2D eigenvalue weighted by molar-refractivity contribution is 0.287. The van der Waals surface area contributed by atoms with Gasteiger partial charge in [-0.15, -0.1) is 0 Å². The molecule has 0 radical (unpaired) electrons. The molecule has 0 fully saturated rings. The van der Waals surface area contributed by atoms with Gasteiger partial charge in [0, 0.05) is 12.3 Å². The quantitative estimate of drug-likeness (QED) is 0.635. The average molecular weight is 362 g/mol. The van der Waals surface area contributed by atoms with Gasteiger partial charge in [0.25, 0.3) is 0 Å². The minimum atomic E-state index is 0.636. The summed E-state index contributed by atoms with van der Waals surface area (Å²) < 4.78 is 12.5. The third-order valence-electron chi connectivity index (χ3n) is 2.63. The Balaban J connectivity index is 2.79. The van der Waals surface area contributed by atoms with Crippen LogP contribution in [0.5, 0.6) is 11.5 Å². The molecule has 0 aliphatic rings. The zero-order chi connectivity index (χ0) is 14.8. The minimum Gasteiger partial charge on any atom is -0.490 e. The summed E-state index contributed by atoms with van der Waals surface area (Å²) in [4.78, 5) is 0. The predicted octanol–water partition coefficient (Wildman–Crippen LogP) is 4.09. The maximum absolute atomic E-state index is 5.87. The number of halogens is 1. The first-order chi connectivity index (χ1) is 9.72. The molecule has 1 N–H and O–H groups in total. The predicted molar refractivity (Wildman–Crippen MR) is 91.2 cm³/mol. The van der Waals surface area contributed by atoms with Crippen molar-refractivity contribution in [2.75, 3.05) is 31.3 Å². The van der Waals surface area contributed by atoms with E-state index in [-0.39, 0.29) is 0 Å². The van der Waals surface area contributed by atoms with Crippen LogP contribution in [0.4, 0.5) is 0 Å². The molecular formula is C15H24BrNO2S. The third-order valence-corrected chi connectivity index (χ3v) is 4.08. The van der Waals surface area contributed by atoms with Gasteiger partial charge in [0.15, 0.2) is 11.5 Å². The van der Waals surface area contributed by atoms with E-state index in [1.165, 1.54) is 5.56 Å². The number of rotatable bonds is 10. The Bertz CT molecular complexity index is 402. The third kappa shape index (κ3) is 5.94. The van der Waals surface area contributed by atoms with E-state index in [4.69, 9.17) is 9.47 Å². The highest BCUT2D eigenvalue weighted by Crippen LogP contribution is 2.37. The average Bonchev–Trinajstić information content (AvgIpc) is 2.43. The monoisotopic (exact) mass is 361 g/mol. The molecule has 1 aromatic rings. The molecule has 3 nitrogen and oxygen atoms in total. The van der Waals surface area contributed by atoms with Gasteiger partial charge < -0.3 is 14.8 Å². The van der Waals surface area contributed by atoms with Crippen molar-refractivity contribution in [2.45, 2.75) is 27.3 Å². The molecule has 1 aromatic carbocycles. The van der Waals surface area contributed by atoms with Gasteiger partial charge in [0.1, 0.15) is 0 Å². The summed E-state index contributed by atoms with van der Waals surface area (Å²) in [7, 11) is 0. The van der Waals surface area contributed by atoms with Gasteiger partial charge in [-0.25, -0.2) is 0 Å². The van der Waals surface area contributed by atoms with Crippen molar-refractivity contribution < 1.29 is 9.47 Å². The summed E-state index contributed by atoms with van der Waals surface area (Å²) in [6.07, 6.45) is 0. The molecule has 1 rings (SSSR count). The Hall–Kier alpha value is -0.390. The maximum atomic E-state index is 5.87. The minimum absolute atomic E-state index is 0.636. The smallest absolute Gasteiger partial charge is 0.175 e. The van der Waals surface area contributed by atoms with E-state index in [0.29, 0.717) is 13.2 Å². The van der Waals surface area contributed by atoms with E-state index in [0.717, 1.165) is 40.6 Å². The first-order valence-electron chi connectivity index (χ1n) is 7.09. The van der Waals surface area contributed by atoms with Crippen LogP contribution in [0.2, 0.25) is 0 Å². The van der Waals surface area contributed by atoms with E-state index in [9.17, 15) is 0 Å². The molecule has 0 saturated carbocycles. The van der Waals surface area contributed by atoms with Crippen molar-refractivity contribution in [3.05, 3.63) is 22.2 Å². The van der Waals surface area contributed by atoms with E-state index in [2.05, 4.69) is 47.2 Å².